The van der Waals surface area contributed by atoms with Crippen molar-refractivity contribution in [2.24, 2.45) is 5.92 Å². The van der Waals surface area contributed by atoms with Gasteiger partial charge in [-0.25, -0.2) is 17.9 Å². The Morgan fingerprint density at radius 1 is 1.30 bits per heavy atom. The number of hydrogen-bond acceptors (Lipinski definition) is 5. The number of hydrogen-bond donors (Lipinski definition) is 1. The lowest BCUT2D eigenvalue weighted by Crippen LogP contribution is -2.41. The molecule has 2 atom stereocenters. The van der Waals surface area contributed by atoms with Gasteiger partial charge in [0.05, 0.1) is 10.5 Å². The van der Waals surface area contributed by atoms with Crippen LogP contribution in [0.1, 0.15) is 50.4 Å². The molecule has 0 radical (unpaired) electrons. The molecule has 2 unspecified atom stereocenters. The first kappa shape index (κ1) is 21.4. The minimum atomic E-state index is -3.62. The zero-order chi connectivity index (χ0) is 20.0. The van der Waals surface area contributed by atoms with Crippen LogP contribution in [0.5, 0.6) is 0 Å². The number of likely N-dealkylation sites (tertiary alicyclic amines) is 1. The molecule has 1 amide bonds. The lowest BCUT2D eigenvalue weighted by molar-refractivity contribution is -0.136. The van der Waals surface area contributed by atoms with Crippen LogP contribution in [-0.4, -0.2) is 50.9 Å². The highest BCUT2D eigenvalue weighted by molar-refractivity contribution is 7.89. The zero-order valence-corrected chi connectivity index (χ0v) is 16.9. The summed E-state index contributed by atoms with van der Waals surface area (Å²) in [4.78, 5) is 26.1. The van der Waals surface area contributed by atoms with Gasteiger partial charge in [0.1, 0.15) is 0 Å². The van der Waals surface area contributed by atoms with Crippen molar-refractivity contribution >= 4 is 21.9 Å². The molecule has 1 heterocycles. The van der Waals surface area contributed by atoms with Crippen molar-refractivity contribution in [1.29, 1.82) is 0 Å². The summed E-state index contributed by atoms with van der Waals surface area (Å²) in [6.45, 7) is 6.84. The smallest absolute Gasteiger partial charge is 0.338 e. The van der Waals surface area contributed by atoms with Gasteiger partial charge in [-0.2, -0.15) is 0 Å². The Hall–Kier alpha value is -1.93. The van der Waals surface area contributed by atoms with E-state index in [0.29, 0.717) is 25.4 Å². The van der Waals surface area contributed by atoms with Gasteiger partial charge in [-0.05, 0) is 56.4 Å². The third-order valence-electron chi connectivity index (χ3n) is 4.71. The Bertz CT molecular complexity index is 761. The van der Waals surface area contributed by atoms with E-state index in [-0.39, 0.29) is 29.0 Å². The Labute approximate surface area is 161 Å². The number of sulfonamides is 1. The van der Waals surface area contributed by atoms with E-state index in [4.69, 9.17) is 4.74 Å². The van der Waals surface area contributed by atoms with E-state index >= 15 is 0 Å². The molecule has 7 nitrogen and oxygen atoms in total. The number of nitrogens with one attached hydrogen (secondary N) is 1. The number of esters is 1. The second kappa shape index (κ2) is 9.32. The highest BCUT2D eigenvalue weighted by Crippen LogP contribution is 2.16. The van der Waals surface area contributed by atoms with Crippen LogP contribution in [-0.2, 0) is 19.6 Å². The summed E-state index contributed by atoms with van der Waals surface area (Å²) in [7, 11) is -3.62. The maximum absolute atomic E-state index is 12.2. The van der Waals surface area contributed by atoms with Crippen LogP contribution in [0.3, 0.4) is 0 Å². The van der Waals surface area contributed by atoms with Gasteiger partial charge < -0.3 is 9.64 Å². The molecule has 1 aliphatic rings. The standard InChI is InChI=1S/C19H28N2O5S/c1-4-15(3)20-27(24,25)17-9-7-16(8-10-17)19(23)26-13-18(22)21-11-5-6-14(2)12-21/h7-10,14-15,20H,4-6,11-13H2,1-3H3. The molecule has 8 heteroatoms. The van der Waals surface area contributed by atoms with Crippen LogP contribution in [0.25, 0.3) is 0 Å². The summed E-state index contributed by atoms with van der Waals surface area (Å²) in [6, 6.07) is 5.32. The molecule has 150 valence electrons. The first-order valence-electron chi connectivity index (χ1n) is 9.30. The number of carbonyl (C=O) groups is 2. The monoisotopic (exact) mass is 396 g/mol. The average Bonchev–Trinajstić information content (AvgIpc) is 2.65. The van der Waals surface area contributed by atoms with E-state index in [0.717, 1.165) is 12.8 Å². The molecule has 1 N–H and O–H groups in total. The van der Waals surface area contributed by atoms with Crippen molar-refractivity contribution in [3.05, 3.63) is 29.8 Å². The highest BCUT2D eigenvalue weighted by Gasteiger charge is 2.22. The Morgan fingerprint density at radius 3 is 2.56 bits per heavy atom. The van der Waals surface area contributed by atoms with Crippen LogP contribution in [0, 0.1) is 5.92 Å². The minimum absolute atomic E-state index is 0.0812. The number of nitrogens with zero attached hydrogens (tertiary/aromatic N) is 1. The van der Waals surface area contributed by atoms with Gasteiger partial charge in [0.25, 0.3) is 5.91 Å². The van der Waals surface area contributed by atoms with Crippen LogP contribution < -0.4 is 4.72 Å². The summed E-state index contributed by atoms with van der Waals surface area (Å²) in [5, 5.41) is 0. The minimum Gasteiger partial charge on any atom is -0.452 e. The Morgan fingerprint density at radius 2 is 1.96 bits per heavy atom. The number of amides is 1. The molecule has 1 fully saturated rings. The van der Waals surface area contributed by atoms with Gasteiger partial charge in [-0.1, -0.05) is 13.8 Å². The second-order valence-electron chi connectivity index (χ2n) is 7.12. The van der Waals surface area contributed by atoms with Gasteiger partial charge in [0.2, 0.25) is 10.0 Å². The summed E-state index contributed by atoms with van der Waals surface area (Å²) in [6.07, 6.45) is 2.74. The van der Waals surface area contributed by atoms with Crippen molar-refractivity contribution in [3.8, 4) is 0 Å². The summed E-state index contributed by atoms with van der Waals surface area (Å²) < 4.78 is 32.1. The first-order valence-corrected chi connectivity index (χ1v) is 10.8. The molecule has 0 bridgehead atoms. The van der Waals surface area contributed by atoms with Crippen molar-refractivity contribution in [3.63, 3.8) is 0 Å². The second-order valence-corrected chi connectivity index (χ2v) is 8.83. The van der Waals surface area contributed by atoms with Crippen molar-refractivity contribution in [1.82, 2.24) is 9.62 Å². The normalized spacial score (nSPS) is 18.8. The topological polar surface area (TPSA) is 92.8 Å². The third kappa shape index (κ3) is 6.04. The van der Waals surface area contributed by atoms with Gasteiger partial charge in [0.15, 0.2) is 6.61 Å². The fourth-order valence-electron chi connectivity index (χ4n) is 2.90. The lowest BCUT2D eigenvalue weighted by Gasteiger charge is -2.30. The zero-order valence-electron chi connectivity index (χ0n) is 16.1. The first-order chi connectivity index (χ1) is 12.7. The third-order valence-corrected chi connectivity index (χ3v) is 6.31. The molecule has 2 rings (SSSR count). The molecule has 27 heavy (non-hydrogen) atoms. The Balaban J connectivity index is 1.92. The number of piperidine rings is 1. The van der Waals surface area contributed by atoms with Crippen LogP contribution in [0.15, 0.2) is 29.2 Å². The predicted octanol–water partition coefficient (Wildman–Crippen LogP) is 2.18. The fourth-order valence-corrected chi connectivity index (χ4v) is 4.23. The van der Waals surface area contributed by atoms with Gasteiger partial charge >= 0.3 is 5.97 Å². The molecule has 1 aromatic rings. The largest absolute Gasteiger partial charge is 0.452 e. The number of carbonyl (C=O) groups excluding carboxylic acids is 2. The number of ether oxygens (including phenoxy) is 1. The summed E-state index contributed by atoms with van der Waals surface area (Å²) in [5.41, 5.74) is 0.206. The Kier molecular flexibility index (Phi) is 7.38. The molecule has 0 spiro atoms. The quantitative estimate of drug-likeness (QED) is 0.713. The number of rotatable bonds is 7. The van der Waals surface area contributed by atoms with E-state index in [2.05, 4.69) is 11.6 Å². The van der Waals surface area contributed by atoms with Crippen LogP contribution >= 0.6 is 0 Å². The van der Waals surface area contributed by atoms with Gasteiger partial charge in [-0.3, -0.25) is 4.79 Å². The van der Waals surface area contributed by atoms with E-state index in [1.54, 1.807) is 11.8 Å². The molecule has 0 saturated carbocycles. The highest BCUT2D eigenvalue weighted by atomic mass is 32.2. The lowest BCUT2D eigenvalue weighted by atomic mass is 10.0. The molecule has 1 saturated heterocycles. The summed E-state index contributed by atoms with van der Waals surface area (Å²) >= 11 is 0. The van der Waals surface area contributed by atoms with E-state index < -0.39 is 16.0 Å². The van der Waals surface area contributed by atoms with Crippen LogP contribution in [0.2, 0.25) is 0 Å². The maximum atomic E-state index is 12.2. The van der Waals surface area contributed by atoms with Gasteiger partial charge in [0, 0.05) is 19.1 Å². The SMILES string of the molecule is CCC(C)NS(=O)(=O)c1ccc(C(=O)OCC(=O)N2CCCC(C)C2)cc1. The summed E-state index contributed by atoms with van der Waals surface area (Å²) in [5.74, 6) is -0.393. The predicted molar refractivity (Wildman–Crippen MR) is 102 cm³/mol. The number of benzene rings is 1. The van der Waals surface area contributed by atoms with E-state index in [9.17, 15) is 18.0 Å². The molecule has 1 aromatic carbocycles. The van der Waals surface area contributed by atoms with Crippen molar-refractivity contribution < 1.29 is 22.7 Å². The average molecular weight is 397 g/mol. The van der Waals surface area contributed by atoms with Crippen molar-refractivity contribution in [2.45, 2.75) is 51.0 Å². The molecule has 0 aromatic heterocycles. The van der Waals surface area contributed by atoms with E-state index in [1.165, 1.54) is 24.3 Å². The maximum Gasteiger partial charge on any atom is 0.338 e. The molecular formula is C19H28N2O5S. The fraction of sp³-hybridized carbons (Fsp3) is 0.579. The molecule has 1 aliphatic heterocycles. The van der Waals surface area contributed by atoms with E-state index in [1.807, 2.05) is 6.92 Å². The molecular weight excluding hydrogens is 368 g/mol. The van der Waals surface area contributed by atoms with Crippen molar-refractivity contribution in [2.75, 3.05) is 19.7 Å². The van der Waals surface area contributed by atoms with Gasteiger partial charge in [-0.15, -0.1) is 0 Å². The van der Waals surface area contributed by atoms with Crippen LogP contribution in [0.4, 0.5) is 0 Å². The molecule has 0 aliphatic carbocycles.